The Hall–Kier alpha value is -0.690. The van der Waals surface area contributed by atoms with Crippen molar-refractivity contribution in [1.29, 1.82) is 5.26 Å². The highest BCUT2D eigenvalue weighted by Gasteiger charge is 2.21. The Morgan fingerprint density at radius 1 is 1.19 bits per heavy atom. The van der Waals surface area contributed by atoms with Crippen molar-refractivity contribution in [2.45, 2.75) is 78.7 Å². The van der Waals surface area contributed by atoms with E-state index in [0.29, 0.717) is 5.92 Å². The highest BCUT2D eigenvalue weighted by molar-refractivity contribution is 8.04. The lowest BCUT2D eigenvalue weighted by atomic mass is 9.89. The molecule has 0 saturated carbocycles. The lowest BCUT2D eigenvalue weighted by Crippen LogP contribution is -2.26. The van der Waals surface area contributed by atoms with Crippen LogP contribution in [0.3, 0.4) is 0 Å². The van der Waals surface area contributed by atoms with Crippen molar-refractivity contribution in [1.82, 2.24) is 0 Å². The maximum Gasteiger partial charge on any atom is 0.317 e. The first-order chi connectivity index (χ1) is 10.1. The van der Waals surface area contributed by atoms with Crippen molar-refractivity contribution in [3.8, 4) is 5.40 Å². The number of esters is 1. The van der Waals surface area contributed by atoms with Crippen molar-refractivity contribution in [2.75, 3.05) is 5.75 Å². The molecule has 0 aliphatic rings. The molecule has 0 aromatic heterocycles. The van der Waals surface area contributed by atoms with Crippen molar-refractivity contribution in [3.63, 3.8) is 0 Å². The highest BCUT2D eigenvalue weighted by Crippen LogP contribution is 2.24. The maximum absolute atomic E-state index is 11.7. The lowest BCUT2D eigenvalue weighted by molar-refractivity contribution is -0.148. The predicted octanol–water partition coefficient (Wildman–Crippen LogP) is 5.16. The number of nitriles is 1. The van der Waals surface area contributed by atoms with E-state index in [-0.39, 0.29) is 17.8 Å². The first-order valence-electron chi connectivity index (χ1n) is 8.29. The molecule has 0 aromatic carbocycles. The summed E-state index contributed by atoms with van der Waals surface area (Å²) in [6, 6.07) is 0. The van der Waals surface area contributed by atoms with Gasteiger partial charge in [0.15, 0.2) is 0 Å². The van der Waals surface area contributed by atoms with Crippen LogP contribution in [-0.2, 0) is 9.53 Å². The average Bonchev–Trinajstić information content (AvgIpc) is 2.50. The van der Waals surface area contributed by atoms with Crippen LogP contribution in [0.25, 0.3) is 0 Å². The van der Waals surface area contributed by atoms with E-state index >= 15 is 0 Å². The van der Waals surface area contributed by atoms with E-state index in [0.717, 1.165) is 36.9 Å². The van der Waals surface area contributed by atoms with Crippen molar-refractivity contribution in [3.05, 3.63) is 0 Å². The number of hydrogen-bond acceptors (Lipinski definition) is 4. The Morgan fingerprint density at radius 2 is 1.90 bits per heavy atom. The predicted molar refractivity (Wildman–Crippen MR) is 89.9 cm³/mol. The minimum atomic E-state index is -0.256. The van der Waals surface area contributed by atoms with E-state index in [4.69, 9.17) is 10.00 Å². The Balaban J connectivity index is 4.35. The minimum absolute atomic E-state index is 0.00234. The van der Waals surface area contributed by atoms with Crippen LogP contribution in [0.4, 0.5) is 0 Å². The van der Waals surface area contributed by atoms with Gasteiger partial charge in [0, 0.05) is 0 Å². The smallest absolute Gasteiger partial charge is 0.317 e. The summed E-state index contributed by atoms with van der Waals surface area (Å²) in [5.74, 6) is 0.998. The van der Waals surface area contributed by atoms with Crippen LogP contribution >= 0.6 is 11.8 Å². The van der Waals surface area contributed by atoms with Gasteiger partial charge in [-0.15, -0.1) is 0 Å². The summed E-state index contributed by atoms with van der Waals surface area (Å²) < 4.78 is 5.59. The van der Waals surface area contributed by atoms with Gasteiger partial charge in [-0.1, -0.05) is 59.8 Å². The molecular weight excluding hydrogens is 282 g/mol. The average molecular weight is 314 g/mol. The summed E-state index contributed by atoms with van der Waals surface area (Å²) in [6.07, 6.45) is 8.08. The van der Waals surface area contributed by atoms with Crippen molar-refractivity contribution in [2.24, 2.45) is 11.8 Å². The Kier molecular flexibility index (Phi) is 12.6. The summed E-state index contributed by atoms with van der Waals surface area (Å²) in [5, 5.41) is 10.4. The topological polar surface area (TPSA) is 50.1 Å². The summed E-state index contributed by atoms with van der Waals surface area (Å²) in [6.45, 7) is 8.74. The second-order valence-corrected chi connectivity index (χ2v) is 6.55. The summed E-state index contributed by atoms with van der Waals surface area (Å²) in [7, 11) is 0. The van der Waals surface area contributed by atoms with Gasteiger partial charge in [-0.25, -0.2) is 0 Å². The number of carbonyl (C=O) groups excluding carboxylic acids is 1. The molecule has 0 unspecified atom stereocenters. The number of carbonyl (C=O) groups is 1. The van der Waals surface area contributed by atoms with Gasteiger partial charge in [0.25, 0.3) is 0 Å². The molecule has 0 radical (unpaired) electrons. The third-order valence-corrected chi connectivity index (χ3v) is 4.73. The standard InChI is InChI=1S/C17H31NO2S/c1-5-8-9-15(7-3)10-11-16(14(4)6-2)20-17(19)12-21-13-18/h14-16H,5-12H2,1-4H3/t14-,15+,16+/m0/s1. The molecule has 0 rings (SSSR count). The molecule has 21 heavy (non-hydrogen) atoms. The van der Waals surface area contributed by atoms with E-state index in [1.165, 1.54) is 25.7 Å². The summed E-state index contributed by atoms with van der Waals surface area (Å²) in [5.41, 5.74) is 0. The van der Waals surface area contributed by atoms with Gasteiger partial charge in [-0.05, 0) is 36.4 Å². The second kappa shape index (κ2) is 13.0. The molecule has 0 spiro atoms. The molecule has 0 fully saturated rings. The molecule has 0 aliphatic heterocycles. The number of rotatable bonds is 12. The molecule has 3 atom stereocenters. The van der Waals surface area contributed by atoms with E-state index < -0.39 is 0 Å². The number of thiocyanates is 1. The van der Waals surface area contributed by atoms with Crippen LogP contribution in [0.2, 0.25) is 0 Å². The normalized spacial score (nSPS) is 15.0. The van der Waals surface area contributed by atoms with Crippen molar-refractivity contribution < 1.29 is 9.53 Å². The first-order valence-corrected chi connectivity index (χ1v) is 9.27. The third-order valence-electron chi connectivity index (χ3n) is 4.22. The molecule has 0 saturated heterocycles. The number of thioether (sulfide) groups is 1. The molecule has 0 amide bonds. The quantitative estimate of drug-likeness (QED) is 0.369. The van der Waals surface area contributed by atoms with E-state index in [1.807, 2.05) is 5.40 Å². The van der Waals surface area contributed by atoms with Gasteiger partial charge >= 0.3 is 5.97 Å². The van der Waals surface area contributed by atoms with Gasteiger partial charge in [-0.2, -0.15) is 5.26 Å². The van der Waals surface area contributed by atoms with Gasteiger partial charge in [-0.3, -0.25) is 4.79 Å². The zero-order chi connectivity index (χ0) is 16.1. The number of nitrogens with zero attached hydrogens (tertiary/aromatic N) is 1. The number of unbranched alkanes of at least 4 members (excludes halogenated alkanes) is 1. The minimum Gasteiger partial charge on any atom is -0.461 e. The van der Waals surface area contributed by atoms with Crippen LogP contribution < -0.4 is 0 Å². The van der Waals surface area contributed by atoms with Crippen LogP contribution in [0.1, 0.15) is 72.6 Å². The molecule has 4 heteroatoms. The number of hydrogen-bond donors (Lipinski definition) is 0. The van der Waals surface area contributed by atoms with Gasteiger partial charge in [0.05, 0.1) is 0 Å². The van der Waals surface area contributed by atoms with E-state index in [9.17, 15) is 4.79 Å². The maximum atomic E-state index is 11.7. The zero-order valence-corrected chi connectivity index (χ0v) is 14.9. The molecule has 0 aromatic rings. The third kappa shape index (κ3) is 9.79. The molecule has 122 valence electrons. The van der Waals surface area contributed by atoms with Crippen molar-refractivity contribution >= 4 is 17.7 Å². The van der Waals surface area contributed by atoms with E-state index in [1.54, 1.807) is 0 Å². The summed E-state index contributed by atoms with van der Waals surface area (Å²) >= 11 is 0.949. The van der Waals surface area contributed by atoms with Gasteiger partial charge in [0.2, 0.25) is 0 Å². The Morgan fingerprint density at radius 3 is 2.43 bits per heavy atom. The Bertz CT molecular complexity index is 314. The highest BCUT2D eigenvalue weighted by atomic mass is 32.2. The van der Waals surface area contributed by atoms with Crippen LogP contribution in [-0.4, -0.2) is 17.8 Å². The lowest BCUT2D eigenvalue weighted by Gasteiger charge is -2.25. The van der Waals surface area contributed by atoms with Gasteiger partial charge < -0.3 is 4.74 Å². The molecule has 0 bridgehead atoms. The fourth-order valence-electron chi connectivity index (χ4n) is 2.46. The monoisotopic (exact) mass is 313 g/mol. The van der Waals surface area contributed by atoms with Crippen LogP contribution in [0, 0.1) is 22.5 Å². The molecule has 0 heterocycles. The molecule has 3 nitrogen and oxygen atoms in total. The fourth-order valence-corrected chi connectivity index (χ4v) is 2.71. The SMILES string of the molecule is CCCC[C@@H](CC)CC[C@@H](OC(=O)CSC#N)[C@@H](C)CC. The first kappa shape index (κ1) is 20.3. The molecule has 0 N–H and O–H groups in total. The zero-order valence-electron chi connectivity index (χ0n) is 14.1. The molecular formula is C17H31NO2S. The van der Waals surface area contributed by atoms with Crippen LogP contribution in [0.5, 0.6) is 0 Å². The largest absolute Gasteiger partial charge is 0.461 e. The van der Waals surface area contributed by atoms with Crippen LogP contribution in [0.15, 0.2) is 0 Å². The fraction of sp³-hybridized carbons (Fsp3) is 0.882. The summed E-state index contributed by atoms with van der Waals surface area (Å²) in [4.78, 5) is 11.7. The Labute approximate surface area is 134 Å². The second-order valence-electron chi connectivity index (χ2n) is 5.79. The van der Waals surface area contributed by atoms with E-state index in [2.05, 4.69) is 27.7 Å². The number of ether oxygens (including phenoxy) is 1. The molecule has 0 aliphatic carbocycles. The van der Waals surface area contributed by atoms with Gasteiger partial charge in [0.1, 0.15) is 17.3 Å².